The maximum absolute atomic E-state index is 2.12. The van der Waals surface area contributed by atoms with Crippen molar-refractivity contribution in [3.8, 4) is 0 Å². The second kappa shape index (κ2) is 7.20. The van der Waals surface area contributed by atoms with E-state index in [4.69, 9.17) is 0 Å². The van der Waals surface area contributed by atoms with Crippen LogP contribution in [0, 0.1) is 13.8 Å². The van der Waals surface area contributed by atoms with E-state index in [9.17, 15) is 0 Å². The van der Waals surface area contributed by atoms with Gasteiger partial charge in [-0.15, -0.1) is 0 Å². The van der Waals surface area contributed by atoms with Gasteiger partial charge in [0.25, 0.3) is 0 Å². The average Bonchev–Trinajstić information content (AvgIpc) is 1.91. The molecular formula is C7H9F2Zr. The summed E-state index contributed by atoms with van der Waals surface area (Å²) in [6, 6.07) is 6.31. The molecule has 0 aliphatic heterocycles. The topological polar surface area (TPSA) is 0 Å². The molecule has 0 N–H and O–H groups in total. The predicted octanol–water partition coefficient (Wildman–Crippen LogP) is -3.97. The van der Waals surface area contributed by atoms with Crippen LogP contribution in [0.15, 0.2) is 18.2 Å². The molecule has 3 heteroatoms. The summed E-state index contributed by atoms with van der Waals surface area (Å²) in [5.41, 5.74) is 2.78. The maximum Gasteiger partial charge on any atom is 3.00 e. The minimum absolute atomic E-state index is 0. The zero-order valence-electron chi connectivity index (χ0n) is 5.99. The fourth-order valence-electron chi connectivity index (χ4n) is 0.600. The monoisotopic (exact) mass is 221 g/mol. The average molecular weight is 222 g/mol. The Labute approximate surface area is 78.9 Å². The van der Waals surface area contributed by atoms with Gasteiger partial charge in [0, 0.05) is 0 Å². The Hall–Kier alpha value is 0.0931. The second-order valence-corrected chi connectivity index (χ2v) is 1.89. The minimum atomic E-state index is 0. The van der Waals surface area contributed by atoms with Crippen LogP contribution < -0.4 is 9.41 Å². The van der Waals surface area contributed by atoms with Crippen molar-refractivity contribution in [3.05, 3.63) is 29.3 Å². The van der Waals surface area contributed by atoms with E-state index >= 15 is 0 Å². The number of hydrogen-bond donors (Lipinski definition) is 0. The van der Waals surface area contributed by atoms with Gasteiger partial charge >= 0.3 is 26.2 Å². The van der Waals surface area contributed by atoms with E-state index in [1.807, 2.05) is 0 Å². The first kappa shape index (κ1) is 16.6. The molecule has 0 spiro atoms. The van der Waals surface area contributed by atoms with Crippen LogP contribution >= 0.6 is 0 Å². The van der Waals surface area contributed by atoms with Crippen molar-refractivity contribution in [2.45, 2.75) is 13.8 Å². The van der Waals surface area contributed by atoms with Crippen LogP contribution in [0.5, 0.6) is 0 Å². The molecule has 0 aromatic heterocycles. The smallest absolute Gasteiger partial charge is 1.00 e. The maximum atomic E-state index is 2.12. The van der Waals surface area contributed by atoms with Crippen molar-refractivity contribution < 1.29 is 35.6 Å². The molecule has 0 heterocycles. The molecule has 0 bridgehead atoms. The van der Waals surface area contributed by atoms with E-state index in [0.29, 0.717) is 0 Å². The van der Waals surface area contributed by atoms with Crippen LogP contribution in [-0.2, 0) is 26.2 Å². The first-order valence-electron chi connectivity index (χ1n) is 2.49. The molecule has 1 aromatic carbocycles. The quantitative estimate of drug-likeness (QED) is 0.393. The second-order valence-electron chi connectivity index (χ2n) is 1.89. The molecule has 0 unspecified atom stereocenters. The molecule has 0 saturated heterocycles. The Morgan fingerprint density at radius 2 is 1.80 bits per heavy atom. The summed E-state index contributed by atoms with van der Waals surface area (Å²) in [7, 11) is 0. The SMILES string of the molecule is Cc1ccc[c-]1C.[F-].[F-].[Zr+3]. The molecule has 10 heavy (non-hydrogen) atoms. The van der Waals surface area contributed by atoms with E-state index in [2.05, 4.69) is 32.0 Å². The Morgan fingerprint density at radius 1 is 1.30 bits per heavy atom. The van der Waals surface area contributed by atoms with Gasteiger partial charge in [0.1, 0.15) is 0 Å². The zero-order valence-corrected chi connectivity index (χ0v) is 8.45. The van der Waals surface area contributed by atoms with Crippen LogP contribution in [-0.4, -0.2) is 0 Å². The molecule has 1 aromatic rings. The van der Waals surface area contributed by atoms with Gasteiger partial charge in [0.15, 0.2) is 0 Å². The summed E-state index contributed by atoms with van der Waals surface area (Å²) >= 11 is 0. The molecule has 55 valence electrons. The normalized spacial score (nSPS) is 6.60. The van der Waals surface area contributed by atoms with Gasteiger partial charge in [-0.3, -0.25) is 0 Å². The summed E-state index contributed by atoms with van der Waals surface area (Å²) in [6.07, 6.45) is 0. The third kappa shape index (κ3) is 4.00. The van der Waals surface area contributed by atoms with E-state index in [0.717, 1.165) is 0 Å². The fourth-order valence-corrected chi connectivity index (χ4v) is 0.600. The molecule has 0 nitrogen and oxygen atoms in total. The Balaban J connectivity index is -0.000000163. The summed E-state index contributed by atoms with van der Waals surface area (Å²) in [4.78, 5) is 0. The summed E-state index contributed by atoms with van der Waals surface area (Å²) in [5, 5.41) is 0. The number of halogens is 2. The number of aryl methyl sites for hydroxylation is 2. The van der Waals surface area contributed by atoms with Gasteiger partial charge in [-0.1, -0.05) is 13.8 Å². The third-order valence-electron chi connectivity index (χ3n) is 1.31. The van der Waals surface area contributed by atoms with E-state index in [1.54, 1.807) is 0 Å². The first-order valence-corrected chi connectivity index (χ1v) is 2.49. The van der Waals surface area contributed by atoms with Crippen molar-refractivity contribution >= 4 is 0 Å². The van der Waals surface area contributed by atoms with Crippen molar-refractivity contribution in [2.24, 2.45) is 0 Å². The van der Waals surface area contributed by atoms with Crippen LogP contribution in [0.1, 0.15) is 11.1 Å². The summed E-state index contributed by atoms with van der Waals surface area (Å²) in [6.45, 7) is 4.24. The van der Waals surface area contributed by atoms with E-state index < -0.39 is 0 Å². The largest absolute Gasteiger partial charge is 3.00 e. The minimum Gasteiger partial charge on any atom is -1.00 e. The molecule has 0 aliphatic rings. The summed E-state index contributed by atoms with van der Waals surface area (Å²) < 4.78 is 0. The van der Waals surface area contributed by atoms with E-state index in [-0.39, 0.29) is 35.6 Å². The van der Waals surface area contributed by atoms with Gasteiger partial charge in [-0.25, -0.2) is 12.1 Å². The Bertz CT molecular complexity index is 144. The Kier molecular flexibility index (Phi) is 11.9. The first-order chi connectivity index (χ1) is 3.30. The van der Waals surface area contributed by atoms with Crippen molar-refractivity contribution in [3.63, 3.8) is 0 Å². The number of rotatable bonds is 0. The Morgan fingerprint density at radius 3 is 1.90 bits per heavy atom. The van der Waals surface area contributed by atoms with Crippen LogP contribution in [0.25, 0.3) is 0 Å². The van der Waals surface area contributed by atoms with Crippen LogP contribution in [0.2, 0.25) is 0 Å². The van der Waals surface area contributed by atoms with Crippen molar-refractivity contribution in [1.82, 2.24) is 0 Å². The number of hydrogen-bond acceptors (Lipinski definition) is 0. The van der Waals surface area contributed by atoms with Crippen LogP contribution in [0.4, 0.5) is 0 Å². The third-order valence-corrected chi connectivity index (χ3v) is 1.31. The molecule has 0 saturated carbocycles. The zero-order chi connectivity index (χ0) is 5.28. The molecule has 0 amide bonds. The molecular weight excluding hydrogens is 213 g/mol. The molecule has 1 radical (unpaired) electrons. The fraction of sp³-hybridized carbons (Fsp3) is 0.286. The molecule has 0 fully saturated rings. The van der Waals surface area contributed by atoms with E-state index in [1.165, 1.54) is 11.1 Å². The molecule has 0 aliphatic carbocycles. The van der Waals surface area contributed by atoms with Gasteiger partial charge in [-0.2, -0.15) is 17.2 Å². The van der Waals surface area contributed by atoms with Gasteiger partial charge in [0.2, 0.25) is 0 Å². The standard InChI is InChI=1S/C7H9.2FH.Zr/c1-6-4-3-5-7(6)2;;;/h3-5H,1-2H3;2*1H;/q-1;;;+3/p-2. The van der Waals surface area contributed by atoms with Crippen LogP contribution in [0.3, 0.4) is 0 Å². The van der Waals surface area contributed by atoms with Gasteiger partial charge in [0.05, 0.1) is 0 Å². The van der Waals surface area contributed by atoms with Crippen molar-refractivity contribution in [1.29, 1.82) is 0 Å². The summed E-state index contributed by atoms with van der Waals surface area (Å²) in [5.74, 6) is 0. The van der Waals surface area contributed by atoms with Gasteiger partial charge in [-0.05, 0) is 0 Å². The van der Waals surface area contributed by atoms with Gasteiger partial charge < -0.3 is 9.41 Å². The molecule has 0 atom stereocenters. The predicted molar refractivity (Wildman–Crippen MR) is 31.5 cm³/mol. The molecule has 1 rings (SSSR count). The van der Waals surface area contributed by atoms with Crippen molar-refractivity contribution in [2.75, 3.05) is 0 Å².